The maximum Gasteiger partial charge on any atom is 0.246 e. The Labute approximate surface area is 141 Å². The third kappa shape index (κ3) is 3.48. The number of halogens is 2. The molecule has 0 atom stereocenters. The number of anilines is 1. The van der Waals surface area contributed by atoms with E-state index < -0.39 is 0 Å². The van der Waals surface area contributed by atoms with Crippen LogP contribution in [0.5, 0.6) is 0 Å². The van der Waals surface area contributed by atoms with Gasteiger partial charge in [0.15, 0.2) is 0 Å². The molecule has 1 heterocycles. The van der Waals surface area contributed by atoms with Crippen LogP contribution in [-0.4, -0.2) is 10.1 Å². The van der Waals surface area contributed by atoms with Crippen molar-refractivity contribution in [1.29, 1.82) is 0 Å². The molecule has 3 aromatic rings. The number of aromatic nitrogens is 2. The van der Waals surface area contributed by atoms with Crippen LogP contribution in [0.1, 0.15) is 11.5 Å². The summed E-state index contributed by atoms with van der Waals surface area (Å²) in [6.45, 7) is 2.52. The van der Waals surface area contributed by atoms with E-state index in [-0.39, 0.29) is 0 Å². The van der Waals surface area contributed by atoms with Gasteiger partial charge in [0, 0.05) is 20.7 Å². The van der Waals surface area contributed by atoms with Crippen molar-refractivity contribution >= 4 is 33.2 Å². The van der Waals surface area contributed by atoms with E-state index in [1.54, 1.807) is 12.1 Å². The predicted octanol–water partition coefficient (Wildman–Crippen LogP) is 5.07. The summed E-state index contributed by atoms with van der Waals surface area (Å²) in [6.07, 6.45) is 0. The summed E-state index contributed by atoms with van der Waals surface area (Å²) in [5.41, 5.74) is 3.06. The molecule has 0 unspecified atom stereocenters. The number of nitrogens with zero attached hydrogens (tertiary/aromatic N) is 2. The van der Waals surface area contributed by atoms with Crippen LogP contribution in [0, 0.1) is 6.92 Å². The smallest absolute Gasteiger partial charge is 0.246 e. The van der Waals surface area contributed by atoms with E-state index in [0.717, 1.165) is 21.3 Å². The molecule has 6 heteroatoms. The first-order valence-corrected chi connectivity index (χ1v) is 7.87. The van der Waals surface area contributed by atoms with Gasteiger partial charge in [-0.1, -0.05) is 32.7 Å². The van der Waals surface area contributed by atoms with E-state index in [4.69, 9.17) is 16.1 Å². The third-order valence-corrected chi connectivity index (χ3v) is 3.93. The molecule has 0 aliphatic carbocycles. The summed E-state index contributed by atoms with van der Waals surface area (Å²) >= 11 is 9.32. The first kappa shape index (κ1) is 15.1. The van der Waals surface area contributed by atoms with E-state index in [9.17, 15) is 0 Å². The Balaban J connectivity index is 1.70. The van der Waals surface area contributed by atoms with Gasteiger partial charge in [-0.2, -0.15) is 4.98 Å². The van der Waals surface area contributed by atoms with Crippen molar-refractivity contribution < 1.29 is 4.52 Å². The normalized spacial score (nSPS) is 10.7. The largest absolute Gasteiger partial charge is 0.376 e. The zero-order chi connectivity index (χ0) is 15.5. The van der Waals surface area contributed by atoms with E-state index in [0.29, 0.717) is 23.3 Å². The molecule has 0 bridgehead atoms. The molecule has 3 rings (SSSR count). The molecule has 0 aliphatic rings. The fraction of sp³-hybridized carbons (Fsp3) is 0.125. The molecule has 2 aromatic carbocycles. The minimum absolute atomic E-state index is 0.475. The van der Waals surface area contributed by atoms with E-state index in [1.807, 2.05) is 31.2 Å². The summed E-state index contributed by atoms with van der Waals surface area (Å²) in [6, 6.07) is 13.4. The number of benzene rings is 2. The fourth-order valence-corrected chi connectivity index (χ4v) is 2.64. The Morgan fingerprint density at radius 1 is 1.18 bits per heavy atom. The maximum absolute atomic E-state index is 5.87. The van der Waals surface area contributed by atoms with Gasteiger partial charge in [-0.05, 0) is 55.0 Å². The van der Waals surface area contributed by atoms with Crippen molar-refractivity contribution in [2.45, 2.75) is 13.5 Å². The molecule has 0 amide bonds. The summed E-state index contributed by atoms with van der Waals surface area (Å²) < 4.78 is 6.32. The van der Waals surface area contributed by atoms with E-state index in [1.165, 1.54) is 0 Å². The second-order valence-corrected chi connectivity index (χ2v) is 6.18. The molecule has 22 heavy (non-hydrogen) atoms. The first-order valence-electron chi connectivity index (χ1n) is 6.70. The van der Waals surface area contributed by atoms with Crippen LogP contribution in [0.4, 0.5) is 5.69 Å². The number of aryl methyl sites for hydroxylation is 1. The lowest BCUT2D eigenvalue weighted by Gasteiger charge is -2.07. The molecule has 0 fully saturated rings. The van der Waals surface area contributed by atoms with Crippen molar-refractivity contribution in [2.75, 3.05) is 5.32 Å². The molecule has 0 aliphatic heterocycles. The highest BCUT2D eigenvalue weighted by Gasteiger charge is 2.09. The molecule has 4 nitrogen and oxygen atoms in total. The minimum Gasteiger partial charge on any atom is -0.376 e. The quantitative estimate of drug-likeness (QED) is 0.688. The van der Waals surface area contributed by atoms with Gasteiger partial charge in [0.2, 0.25) is 11.7 Å². The molecule has 1 aromatic heterocycles. The Bertz CT molecular complexity index is 786. The van der Waals surface area contributed by atoms with Crippen molar-refractivity contribution in [3.63, 3.8) is 0 Å². The minimum atomic E-state index is 0.475. The van der Waals surface area contributed by atoms with Crippen LogP contribution >= 0.6 is 27.5 Å². The lowest BCUT2D eigenvalue weighted by molar-refractivity contribution is 0.384. The van der Waals surface area contributed by atoms with Gasteiger partial charge in [-0.3, -0.25) is 0 Å². The van der Waals surface area contributed by atoms with Gasteiger partial charge in [0.25, 0.3) is 0 Å². The van der Waals surface area contributed by atoms with Crippen molar-refractivity contribution in [1.82, 2.24) is 10.1 Å². The van der Waals surface area contributed by atoms with Crippen LogP contribution in [0.3, 0.4) is 0 Å². The fourth-order valence-electron chi connectivity index (χ4n) is 2.04. The molecule has 0 spiro atoms. The summed E-state index contributed by atoms with van der Waals surface area (Å²) in [5.74, 6) is 1.09. The van der Waals surface area contributed by atoms with Crippen molar-refractivity contribution in [3.05, 3.63) is 63.4 Å². The Hall–Kier alpha value is -1.85. The molecular formula is C16H13BrClN3O. The molecule has 0 saturated carbocycles. The standard InChI is InChI=1S/C16H13BrClN3O/c1-10-8-12(17)4-7-14(10)19-9-15-20-16(21-22-15)11-2-5-13(18)6-3-11/h2-8,19H,9H2,1H3. The predicted molar refractivity (Wildman–Crippen MR) is 90.9 cm³/mol. The molecule has 1 N–H and O–H groups in total. The summed E-state index contributed by atoms with van der Waals surface area (Å²) in [7, 11) is 0. The number of rotatable bonds is 4. The molecular weight excluding hydrogens is 366 g/mol. The van der Waals surface area contributed by atoms with Gasteiger partial charge in [0.1, 0.15) is 0 Å². The van der Waals surface area contributed by atoms with Gasteiger partial charge in [-0.25, -0.2) is 0 Å². The Morgan fingerprint density at radius 3 is 2.68 bits per heavy atom. The van der Waals surface area contributed by atoms with E-state index >= 15 is 0 Å². The Morgan fingerprint density at radius 2 is 1.95 bits per heavy atom. The first-order chi connectivity index (χ1) is 10.6. The zero-order valence-corrected chi connectivity index (χ0v) is 14.1. The average Bonchev–Trinajstić information content (AvgIpc) is 2.96. The highest BCUT2D eigenvalue weighted by atomic mass is 79.9. The molecule has 0 radical (unpaired) electrons. The van der Waals surface area contributed by atoms with Crippen LogP contribution < -0.4 is 5.32 Å². The van der Waals surface area contributed by atoms with E-state index in [2.05, 4.69) is 37.5 Å². The van der Waals surface area contributed by atoms with Gasteiger partial charge in [0.05, 0.1) is 6.54 Å². The SMILES string of the molecule is Cc1cc(Br)ccc1NCc1nc(-c2ccc(Cl)cc2)no1. The lowest BCUT2D eigenvalue weighted by atomic mass is 10.2. The number of nitrogens with one attached hydrogen (secondary N) is 1. The average molecular weight is 379 g/mol. The van der Waals surface area contributed by atoms with Crippen LogP contribution in [-0.2, 0) is 6.54 Å². The van der Waals surface area contributed by atoms with Gasteiger partial charge < -0.3 is 9.84 Å². The zero-order valence-electron chi connectivity index (χ0n) is 11.8. The monoisotopic (exact) mass is 377 g/mol. The number of hydrogen-bond acceptors (Lipinski definition) is 4. The second-order valence-electron chi connectivity index (χ2n) is 4.83. The van der Waals surface area contributed by atoms with Crippen LogP contribution in [0.15, 0.2) is 51.5 Å². The summed E-state index contributed by atoms with van der Waals surface area (Å²) in [4.78, 5) is 4.38. The number of hydrogen-bond donors (Lipinski definition) is 1. The highest BCUT2D eigenvalue weighted by Crippen LogP contribution is 2.21. The maximum atomic E-state index is 5.87. The lowest BCUT2D eigenvalue weighted by Crippen LogP contribution is -2.01. The molecule has 112 valence electrons. The summed E-state index contributed by atoms with van der Waals surface area (Å²) in [5, 5.41) is 7.96. The van der Waals surface area contributed by atoms with Crippen molar-refractivity contribution in [2.24, 2.45) is 0 Å². The third-order valence-electron chi connectivity index (χ3n) is 3.19. The van der Waals surface area contributed by atoms with Crippen LogP contribution in [0.2, 0.25) is 5.02 Å². The highest BCUT2D eigenvalue weighted by molar-refractivity contribution is 9.10. The Kier molecular flexibility index (Phi) is 4.45. The topological polar surface area (TPSA) is 51.0 Å². The van der Waals surface area contributed by atoms with Crippen LogP contribution in [0.25, 0.3) is 11.4 Å². The van der Waals surface area contributed by atoms with Gasteiger partial charge >= 0.3 is 0 Å². The molecule has 0 saturated heterocycles. The second kappa shape index (κ2) is 6.50. The van der Waals surface area contributed by atoms with Crippen molar-refractivity contribution in [3.8, 4) is 11.4 Å². The van der Waals surface area contributed by atoms with Gasteiger partial charge in [-0.15, -0.1) is 0 Å².